The second kappa shape index (κ2) is 5.47. The van der Waals surface area contributed by atoms with Crippen LogP contribution in [-0.2, 0) is 9.53 Å². The molecule has 0 heterocycles. The van der Waals surface area contributed by atoms with Crippen LogP contribution in [0, 0.1) is 5.92 Å². The number of aliphatic carboxylic acids is 1. The van der Waals surface area contributed by atoms with Crippen molar-refractivity contribution < 1.29 is 14.6 Å². The van der Waals surface area contributed by atoms with Crippen molar-refractivity contribution in [3.63, 3.8) is 0 Å². The van der Waals surface area contributed by atoms with Gasteiger partial charge in [-0.2, -0.15) is 0 Å². The van der Waals surface area contributed by atoms with Gasteiger partial charge in [-0.15, -0.1) is 0 Å². The van der Waals surface area contributed by atoms with E-state index in [0.717, 1.165) is 25.7 Å². The summed E-state index contributed by atoms with van der Waals surface area (Å²) in [6.45, 7) is 3.43. The highest BCUT2D eigenvalue weighted by Crippen LogP contribution is 2.29. The van der Waals surface area contributed by atoms with Crippen molar-refractivity contribution in [2.45, 2.75) is 38.1 Å². The predicted molar refractivity (Wildman–Crippen MR) is 57.9 cm³/mol. The molecule has 1 fully saturated rings. The molecule has 1 aliphatic carbocycles. The second-order valence-electron chi connectivity index (χ2n) is 4.54. The first kappa shape index (κ1) is 12.5. The third-order valence-electron chi connectivity index (χ3n) is 3.11. The molecule has 0 aromatic rings. The van der Waals surface area contributed by atoms with Crippen molar-refractivity contribution in [2.75, 3.05) is 20.3 Å². The van der Waals surface area contributed by atoms with Gasteiger partial charge in [0.05, 0.1) is 0 Å². The Bertz CT molecular complexity index is 212. The van der Waals surface area contributed by atoms with Crippen LogP contribution in [0.1, 0.15) is 32.6 Å². The normalized spacial score (nSPS) is 21.5. The summed E-state index contributed by atoms with van der Waals surface area (Å²) in [5.74, 6) is -0.351. The van der Waals surface area contributed by atoms with Gasteiger partial charge in [-0.3, -0.25) is 4.79 Å². The maximum atomic E-state index is 11.2. The minimum atomic E-state index is -0.704. The maximum Gasteiger partial charge on any atom is 0.323 e. The number of carboxylic acids is 1. The molecule has 4 nitrogen and oxygen atoms in total. The SMILES string of the molecule is COCC(C)CNC1(C(=O)O)CCCC1. The Morgan fingerprint density at radius 1 is 1.53 bits per heavy atom. The van der Waals surface area contributed by atoms with Crippen molar-refractivity contribution in [3.05, 3.63) is 0 Å². The van der Waals surface area contributed by atoms with E-state index in [1.54, 1.807) is 7.11 Å². The van der Waals surface area contributed by atoms with Crippen LogP contribution in [-0.4, -0.2) is 36.9 Å². The van der Waals surface area contributed by atoms with E-state index >= 15 is 0 Å². The number of nitrogens with one attached hydrogen (secondary N) is 1. The van der Waals surface area contributed by atoms with Crippen LogP contribution < -0.4 is 5.32 Å². The first-order valence-corrected chi connectivity index (χ1v) is 5.58. The van der Waals surface area contributed by atoms with E-state index < -0.39 is 11.5 Å². The summed E-state index contributed by atoms with van der Waals surface area (Å²) >= 11 is 0. The molecule has 0 amide bonds. The lowest BCUT2D eigenvalue weighted by Gasteiger charge is -2.27. The monoisotopic (exact) mass is 215 g/mol. The molecule has 0 radical (unpaired) electrons. The van der Waals surface area contributed by atoms with Crippen LogP contribution in [0.3, 0.4) is 0 Å². The minimum absolute atomic E-state index is 0.354. The molecule has 15 heavy (non-hydrogen) atoms. The van der Waals surface area contributed by atoms with Gasteiger partial charge in [0.2, 0.25) is 0 Å². The molecule has 2 N–H and O–H groups in total. The molecule has 1 saturated carbocycles. The van der Waals surface area contributed by atoms with Gasteiger partial charge in [-0.05, 0) is 18.8 Å². The zero-order chi connectivity index (χ0) is 11.3. The first-order valence-electron chi connectivity index (χ1n) is 5.58. The van der Waals surface area contributed by atoms with E-state index in [1.807, 2.05) is 0 Å². The molecule has 0 bridgehead atoms. The number of methoxy groups -OCH3 is 1. The van der Waals surface area contributed by atoms with Gasteiger partial charge < -0.3 is 15.2 Å². The smallest absolute Gasteiger partial charge is 0.323 e. The lowest BCUT2D eigenvalue weighted by molar-refractivity contribution is -0.144. The summed E-state index contributed by atoms with van der Waals surface area (Å²) < 4.78 is 5.02. The van der Waals surface area contributed by atoms with Crippen molar-refractivity contribution in [3.8, 4) is 0 Å². The molecule has 1 unspecified atom stereocenters. The van der Waals surface area contributed by atoms with E-state index in [1.165, 1.54) is 0 Å². The van der Waals surface area contributed by atoms with Crippen LogP contribution in [0.2, 0.25) is 0 Å². The van der Waals surface area contributed by atoms with E-state index in [0.29, 0.717) is 19.1 Å². The fourth-order valence-electron chi connectivity index (χ4n) is 2.16. The van der Waals surface area contributed by atoms with E-state index in [9.17, 15) is 9.90 Å². The van der Waals surface area contributed by atoms with Gasteiger partial charge in [0.25, 0.3) is 0 Å². The number of carboxylic acid groups (broad SMARTS) is 1. The molecule has 0 aromatic heterocycles. The van der Waals surface area contributed by atoms with Crippen molar-refractivity contribution in [1.82, 2.24) is 5.32 Å². The van der Waals surface area contributed by atoms with Crippen LogP contribution >= 0.6 is 0 Å². The zero-order valence-electron chi connectivity index (χ0n) is 9.58. The van der Waals surface area contributed by atoms with Crippen molar-refractivity contribution in [2.24, 2.45) is 5.92 Å². The van der Waals surface area contributed by atoms with Gasteiger partial charge >= 0.3 is 5.97 Å². The highest BCUT2D eigenvalue weighted by atomic mass is 16.5. The quantitative estimate of drug-likeness (QED) is 0.700. The first-order chi connectivity index (χ1) is 7.10. The fourth-order valence-corrected chi connectivity index (χ4v) is 2.16. The Morgan fingerprint density at radius 2 is 2.13 bits per heavy atom. The summed E-state index contributed by atoms with van der Waals surface area (Å²) in [5, 5.41) is 12.4. The molecular formula is C11H21NO3. The Kier molecular flexibility index (Phi) is 4.54. The van der Waals surface area contributed by atoms with Gasteiger partial charge in [0, 0.05) is 20.3 Å². The van der Waals surface area contributed by atoms with E-state index in [4.69, 9.17) is 4.74 Å². The third kappa shape index (κ3) is 3.18. The Morgan fingerprint density at radius 3 is 2.60 bits per heavy atom. The zero-order valence-corrected chi connectivity index (χ0v) is 9.58. The molecule has 4 heteroatoms. The van der Waals surface area contributed by atoms with E-state index in [-0.39, 0.29) is 0 Å². The summed E-state index contributed by atoms with van der Waals surface area (Å²) in [5.41, 5.74) is -0.665. The van der Waals surface area contributed by atoms with Crippen LogP contribution in [0.4, 0.5) is 0 Å². The molecular weight excluding hydrogens is 194 g/mol. The van der Waals surface area contributed by atoms with Crippen molar-refractivity contribution in [1.29, 1.82) is 0 Å². The molecule has 1 atom stereocenters. The average molecular weight is 215 g/mol. The number of carbonyl (C=O) groups is 1. The van der Waals surface area contributed by atoms with Crippen molar-refractivity contribution >= 4 is 5.97 Å². The van der Waals surface area contributed by atoms with Gasteiger partial charge in [0.15, 0.2) is 0 Å². The van der Waals surface area contributed by atoms with Crippen LogP contribution in [0.5, 0.6) is 0 Å². The van der Waals surface area contributed by atoms with Crippen LogP contribution in [0.15, 0.2) is 0 Å². The third-order valence-corrected chi connectivity index (χ3v) is 3.11. The predicted octanol–water partition coefficient (Wildman–Crippen LogP) is 1.26. The topological polar surface area (TPSA) is 58.6 Å². The Balaban J connectivity index is 2.42. The fraction of sp³-hybridized carbons (Fsp3) is 0.909. The summed E-state index contributed by atoms with van der Waals surface area (Å²) in [6.07, 6.45) is 3.53. The average Bonchev–Trinajstić information content (AvgIpc) is 2.65. The number of ether oxygens (including phenoxy) is 1. The molecule has 0 saturated heterocycles. The maximum absolute atomic E-state index is 11.2. The Hall–Kier alpha value is -0.610. The molecule has 1 rings (SSSR count). The largest absolute Gasteiger partial charge is 0.480 e. The summed E-state index contributed by atoms with van der Waals surface area (Å²) in [6, 6.07) is 0. The minimum Gasteiger partial charge on any atom is -0.480 e. The molecule has 1 aliphatic rings. The number of hydrogen-bond acceptors (Lipinski definition) is 3. The highest BCUT2D eigenvalue weighted by molar-refractivity contribution is 5.79. The number of rotatable bonds is 6. The molecule has 0 aliphatic heterocycles. The highest BCUT2D eigenvalue weighted by Gasteiger charge is 2.40. The molecule has 0 spiro atoms. The standard InChI is InChI=1S/C11H21NO3/c1-9(8-15-2)7-12-11(10(13)14)5-3-4-6-11/h9,12H,3-8H2,1-2H3,(H,13,14). The lowest BCUT2D eigenvalue weighted by Crippen LogP contribution is -2.51. The molecule has 88 valence electrons. The Labute approximate surface area is 91.0 Å². The van der Waals surface area contributed by atoms with Crippen LogP contribution in [0.25, 0.3) is 0 Å². The molecule has 0 aromatic carbocycles. The second-order valence-corrected chi connectivity index (χ2v) is 4.54. The van der Waals surface area contributed by atoms with Gasteiger partial charge in [-0.25, -0.2) is 0 Å². The summed E-state index contributed by atoms with van der Waals surface area (Å²) in [7, 11) is 1.67. The van der Waals surface area contributed by atoms with Gasteiger partial charge in [-0.1, -0.05) is 19.8 Å². The van der Waals surface area contributed by atoms with E-state index in [2.05, 4.69) is 12.2 Å². The lowest BCUT2D eigenvalue weighted by atomic mass is 9.97. The van der Waals surface area contributed by atoms with Gasteiger partial charge in [0.1, 0.15) is 5.54 Å². The number of hydrogen-bond donors (Lipinski definition) is 2. The summed E-state index contributed by atoms with van der Waals surface area (Å²) in [4.78, 5) is 11.2.